The monoisotopic (exact) mass is 301 g/mol. The predicted molar refractivity (Wildman–Crippen MR) is 94.8 cm³/mol. The molecule has 1 aliphatic carbocycles. The van der Waals surface area contributed by atoms with Gasteiger partial charge < -0.3 is 5.11 Å². The molecular formula is C20H31NO. The Hall–Kier alpha value is -1.12. The molecule has 1 aromatic rings. The molecule has 0 aromatic heterocycles. The fourth-order valence-corrected chi connectivity index (χ4v) is 3.38. The van der Waals surface area contributed by atoms with Crippen molar-refractivity contribution in [3.8, 4) is 0 Å². The number of allylic oxidation sites excluding steroid dienone is 2. The van der Waals surface area contributed by atoms with E-state index in [9.17, 15) is 0 Å². The Morgan fingerprint density at radius 3 is 2.45 bits per heavy atom. The van der Waals surface area contributed by atoms with E-state index in [2.05, 4.69) is 49.9 Å². The van der Waals surface area contributed by atoms with Crippen LogP contribution in [0.5, 0.6) is 0 Å². The van der Waals surface area contributed by atoms with Crippen LogP contribution in [0.1, 0.15) is 56.2 Å². The zero-order valence-electron chi connectivity index (χ0n) is 14.4. The number of likely N-dealkylation sites (tertiary alicyclic amines) is 1. The van der Waals surface area contributed by atoms with Crippen LogP contribution < -0.4 is 0 Å². The first-order valence-corrected chi connectivity index (χ1v) is 8.75. The van der Waals surface area contributed by atoms with Gasteiger partial charge in [0.1, 0.15) is 0 Å². The highest BCUT2D eigenvalue weighted by Crippen LogP contribution is 2.30. The summed E-state index contributed by atoms with van der Waals surface area (Å²) in [6, 6.07) is 6.83. The van der Waals surface area contributed by atoms with Gasteiger partial charge in [-0.05, 0) is 62.1 Å². The van der Waals surface area contributed by atoms with Crippen LogP contribution >= 0.6 is 0 Å². The normalized spacial score (nSPS) is 21.5. The average Bonchev–Trinajstić information content (AvgIpc) is 2.56. The lowest BCUT2D eigenvalue weighted by atomic mass is 9.83. The van der Waals surface area contributed by atoms with E-state index >= 15 is 0 Å². The maximum Gasteiger partial charge on any atom is 0.0956 e. The molecule has 0 radical (unpaired) electrons. The zero-order chi connectivity index (χ0) is 15.9. The van der Waals surface area contributed by atoms with Gasteiger partial charge in [-0.3, -0.25) is 4.90 Å². The summed E-state index contributed by atoms with van der Waals surface area (Å²) in [5.74, 6) is 0.755. The van der Waals surface area contributed by atoms with Gasteiger partial charge in [-0.1, -0.05) is 43.2 Å². The van der Waals surface area contributed by atoms with Gasteiger partial charge in [0.05, 0.1) is 6.73 Å². The summed E-state index contributed by atoms with van der Waals surface area (Å²) in [6.45, 7) is 9.11. The Morgan fingerprint density at radius 1 is 1.14 bits per heavy atom. The standard InChI is InChI=1S/C14H18.C6H13NO/c1-4-12-8-11(3)14-7-10(2)5-6-13(14)9-12;8-6-7-4-2-1-3-5-7/h5-8,12H,4,9H2,1-3H3;8H,1-6H2. The Kier molecular flexibility index (Phi) is 6.66. The average molecular weight is 301 g/mol. The van der Waals surface area contributed by atoms with Crippen LogP contribution in [0.3, 0.4) is 0 Å². The molecule has 1 heterocycles. The van der Waals surface area contributed by atoms with Crippen molar-refractivity contribution in [3.63, 3.8) is 0 Å². The molecule has 2 aliphatic rings. The van der Waals surface area contributed by atoms with Crippen LogP contribution in [-0.4, -0.2) is 29.8 Å². The lowest BCUT2D eigenvalue weighted by molar-refractivity contribution is 0.0896. The van der Waals surface area contributed by atoms with Crippen LogP contribution in [-0.2, 0) is 6.42 Å². The van der Waals surface area contributed by atoms with Gasteiger partial charge in [0.25, 0.3) is 0 Å². The molecule has 1 unspecified atom stereocenters. The van der Waals surface area contributed by atoms with Crippen LogP contribution in [0.2, 0.25) is 0 Å². The third-order valence-electron chi connectivity index (χ3n) is 4.83. The molecule has 1 fully saturated rings. The number of hydrogen-bond acceptors (Lipinski definition) is 2. The maximum absolute atomic E-state index is 8.62. The highest BCUT2D eigenvalue weighted by Gasteiger charge is 2.15. The fourth-order valence-electron chi connectivity index (χ4n) is 3.38. The van der Waals surface area contributed by atoms with Gasteiger partial charge in [-0.25, -0.2) is 0 Å². The third kappa shape index (κ3) is 4.69. The maximum atomic E-state index is 8.62. The van der Waals surface area contributed by atoms with E-state index in [4.69, 9.17) is 5.11 Å². The summed E-state index contributed by atoms with van der Waals surface area (Å²) in [5, 5.41) is 8.62. The molecule has 3 rings (SSSR count). The topological polar surface area (TPSA) is 23.5 Å². The molecule has 1 aromatic carbocycles. The Bertz CT molecular complexity index is 500. The number of aliphatic hydroxyl groups excluding tert-OH is 1. The number of benzene rings is 1. The van der Waals surface area contributed by atoms with Crippen molar-refractivity contribution in [3.05, 3.63) is 41.0 Å². The number of fused-ring (bicyclic) bond motifs is 1. The Balaban J connectivity index is 0.000000188. The first-order chi connectivity index (χ1) is 10.6. The Labute approximate surface area is 135 Å². The van der Waals surface area contributed by atoms with E-state index < -0.39 is 0 Å². The summed E-state index contributed by atoms with van der Waals surface area (Å²) in [5.41, 5.74) is 5.82. The Morgan fingerprint density at radius 2 is 1.86 bits per heavy atom. The van der Waals surface area contributed by atoms with Gasteiger partial charge >= 0.3 is 0 Å². The van der Waals surface area contributed by atoms with Crippen molar-refractivity contribution in [1.29, 1.82) is 0 Å². The predicted octanol–water partition coefficient (Wildman–Crippen LogP) is 4.40. The van der Waals surface area contributed by atoms with Crippen LogP contribution in [0.4, 0.5) is 0 Å². The highest BCUT2D eigenvalue weighted by molar-refractivity contribution is 5.69. The summed E-state index contributed by atoms with van der Waals surface area (Å²) in [6.07, 6.45) is 8.79. The molecule has 0 bridgehead atoms. The number of hydrogen-bond donors (Lipinski definition) is 1. The first kappa shape index (κ1) is 17.2. The molecule has 0 spiro atoms. The molecule has 1 aliphatic heterocycles. The molecule has 0 amide bonds. The minimum atomic E-state index is 0.250. The van der Waals surface area contributed by atoms with Gasteiger partial charge in [0, 0.05) is 13.1 Å². The van der Waals surface area contributed by atoms with Crippen molar-refractivity contribution in [2.75, 3.05) is 19.8 Å². The van der Waals surface area contributed by atoms with Crippen molar-refractivity contribution in [2.45, 2.75) is 52.9 Å². The van der Waals surface area contributed by atoms with Crippen LogP contribution in [0.25, 0.3) is 5.57 Å². The lowest BCUT2D eigenvalue weighted by Crippen LogP contribution is -2.30. The number of piperidine rings is 1. The fraction of sp³-hybridized carbons (Fsp3) is 0.600. The SMILES string of the molecule is CCC1C=C(C)c2cc(C)ccc2C1.OCN1CCCCC1. The molecule has 1 atom stereocenters. The second kappa shape index (κ2) is 8.50. The van der Waals surface area contributed by atoms with E-state index in [1.807, 2.05) is 0 Å². The molecule has 122 valence electrons. The summed E-state index contributed by atoms with van der Waals surface area (Å²) in [4.78, 5) is 2.07. The summed E-state index contributed by atoms with van der Waals surface area (Å²) < 4.78 is 0. The highest BCUT2D eigenvalue weighted by atomic mass is 16.3. The molecule has 1 N–H and O–H groups in total. The number of aliphatic hydroxyl groups is 1. The van der Waals surface area contributed by atoms with E-state index in [0.29, 0.717) is 0 Å². The van der Waals surface area contributed by atoms with E-state index in [1.165, 1.54) is 54.4 Å². The summed E-state index contributed by atoms with van der Waals surface area (Å²) >= 11 is 0. The van der Waals surface area contributed by atoms with Gasteiger partial charge in [0.2, 0.25) is 0 Å². The van der Waals surface area contributed by atoms with E-state index in [0.717, 1.165) is 19.0 Å². The molecule has 0 saturated carbocycles. The second-order valence-electron chi connectivity index (χ2n) is 6.70. The second-order valence-corrected chi connectivity index (χ2v) is 6.70. The molecule has 1 saturated heterocycles. The number of nitrogens with zero attached hydrogens (tertiary/aromatic N) is 1. The van der Waals surface area contributed by atoms with Crippen molar-refractivity contribution in [2.24, 2.45) is 5.92 Å². The quantitative estimate of drug-likeness (QED) is 0.875. The zero-order valence-corrected chi connectivity index (χ0v) is 14.4. The van der Waals surface area contributed by atoms with E-state index in [-0.39, 0.29) is 6.73 Å². The smallest absolute Gasteiger partial charge is 0.0956 e. The number of rotatable bonds is 2. The van der Waals surface area contributed by atoms with Crippen LogP contribution in [0, 0.1) is 12.8 Å². The number of aryl methyl sites for hydroxylation is 1. The molecule has 2 heteroatoms. The molecule has 22 heavy (non-hydrogen) atoms. The lowest BCUT2D eigenvalue weighted by Gasteiger charge is -2.23. The van der Waals surface area contributed by atoms with Gasteiger partial charge in [-0.2, -0.15) is 0 Å². The van der Waals surface area contributed by atoms with Crippen LogP contribution in [0.15, 0.2) is 24.3 Å². The van der Waals surface area contributed by atoms with Crippen molar-refractivity contribution in [1.82, 2.24) is 4.90 Å². The minimum absolute atomic E-state index is 0.250. The van der Waals surface area contributed by atoms with Gasteiger partial charge in [-0.15, -0.1) is 0 Å². The largest absolute Gasteiger partial charge is 0.381 e. The molecular weight excluding hydrogens is 270 g/mol. The minimum Gasteiger partial charge on any atom is -0.381 e. The van der Waals surface area contributed by atoms with Crippen molar-refractivity contribution >= 4 is 5.57 Å². The van der Waals surface area contributed by atoms with E-state index in [1.54, 1.807) is 0 Å². The first-order valence-electron chi connectivity index (χ1n) is 8.75. The summed E-state index contributed by atoms with van der Waals surface area (Å²) in [7, 11) is 0. The third-order valence-corrected chi connectivity index (χ3v) is 4.83. The van der Waals surface area contributed by atoms with Crippen molar-refractivity contribution < 1.29 is 5.11 Å². The van der Waals surface area contributed by atoms with Gasteiger partial charge in [0.15, 0.2) is 0 Å². The molecule has 2 nitrogen and oxygen atoms in total.